The van der Waals surface area contributed by atoms with Crippen LogP contribution >= 0.6 is 0 Å². The summed E-state index contributed by atoms with van der Waals surface area (Å²) >= 11 is 0. The number of rotatable bonds is 1. The largest absolute Gasteiger partial charge is 0.380 e. The van der Waals surface area contributed by atoms with Crippen molar-refractivity contribution in [2.45, 2.75) is 34.1 Å². The monoisotopic (exact) mass is 156 g/mol. The van der Waals surface area contributed by atoms with Crippen molar-refractivity contribution < 1.29 is 4.74 Å². The molecule has 1 heteroatoms. The van der Waals surface area contributed by atoms with Crippen molar-refractivity contribution in [2.24, 2.45) is 17.3 Å². The van der Waals surface area contributed by atoms with Gasteiger partial charge in [0.25, 0.3) is 0 Å². The van der Waals surface area contributed by atoms with Gasteiger partial charge in [0.2, 0.25) is 0 Å². The molecule has 0 unspecified atom stereocenters. The van der Waals surface area contributed by atoms with Gasteiger partial charge < -0.3 is 4.74 Å². The van der Waals surface area contributed by atoms with Crippen LogP contribution in [0.5, 0.6) is 0 Å². The van der Waals surface area contributed by atoms with Crippen molar-refractivity contribution in [3.05, 3.63) is 0 Å². The van der Waals surface area contributed by atoms with Crippen LogP contribution in [0.1, 0.15) is 34.1 Å². The van der Waals surface area contributed by atoms with E-state index < -0.39 is 0 Å². The lowest BCUT2D eigenvalue weighted by molar-refractivity contribution is -0.185. The van der Waals surface area contributed by atoms with Gasteiger partial charge in [0.15, 0.2) is 0 Å². The number of hydrogen-bond donors (Lipinski definition) is 0. The van der Waals surface area contributed by atoms with E-state index in [1.54, 1.807) is 0 Å². The minimum absolute atomic E-state index is 0. The van der Waals surface area contributed by atoms with Crippen molar-refractivity contribution in [1.29, 1.82) is 0 Å². The molecule has 0 bridgehead atoms. The summed E-state index contributed by atoms with van der Waals surface area (Å²) in [7, 11) is 0. The Labute approximate surface area is 70.1 Å². The lowest BCUT2D eigenvalue weighted by atomic mass is 9.58. The first-order chi connectivity index (χ1) is 4.72. The minimum Gasteiger partial charge on any atom is -0.380 e. The molecule has 1 aliphatic carbocycles. The maximum absolute atomic E-state index is 5.21. The van der Waals surface area contributed by atoms with Gasteiger partial charge in [0.05, 0.1) is 13.2 Å². The van der Waals surface area contributed by atoms with Gasteiger partial charge >= 0.3 is 0 Å². The van der Waals surface area contributed by atoms with E-state index in [-0.39, 0.29) is 7.43 Å². The van der Waals surface area contributed by atoms with Gasteiger partial charge in [-0.15, -0.1) is 0 Å². The Morgan fingerprint density at radius 1 is 1.27 bits per heavy atom. The van der Waals surface area contributed by atoms with Crippen molar-refractivity contribution in [2.75, 3.05) is 13.2 Å². The third-order valence-electron chi connectivity index (χ3n) is 3.15. The Morgan fingerprint density at radius 3 is 2.09 bits per heavy atom. The molecule has 0 amide bonds. The summed E-state index contributed by atoms with van der Waals surface area (Å²) in [6.07, 6.45) is 2.87. The normalized spacial score (nSPS) is 27.5. The van der Waals surface area contributed by atoms with Gasteiger partial charge in [0, 0.05) is 5.41 Å². The summed E-state index contributed by atoms with van der Waals surface area (Å²) in [6.45, 7) is 6.76. The zero-order valence-corrected chi connectivity index (χ0v) is 6.89. The third-order valence-corrected chi connectivity index (χ3v) is 3.15. The fourth-order valence-electron chi connectivity index (χ4n) is 2.15. The molecular formula is C10H20O. The van der Waals surface area contributed by atoms with Crippen molar-refractivity contribution in [3.63, 3.8) is 0 Å². The molecule has 2 aliphatic rings. The van der Waals surface area contributed by atoms with Crippen LogP contribution in [0.15, 0.2) is 0 Å². The molecule has 0 aromatic carbocycles. The van der Waals surface area contributed by atoms with E-state index in [4.69, 9.17) is 4.74 Å². The Balaban J connectivity index is 0.000000605. The fraction of sp³-hybridized carbons (Fsp3) is 1.00. The molecule has 2 rings (SSSR count). The first kappa shape index (κ1) is 9.05. The highest BCUT2D eigenvalue weighted by molar-refractivity contribution is 4.98. The average molecular weight is 156 g/mol. The molecule has 1 saturated carbocycles. The lowest BCUT2D eigenvalue weighted by Crippen LogP contribution is -2.53. The van der Waals surface area contributed by atoms with Crippen molar-refractivity contribution in [1.82, 2.24) is 0 Å². The lowest BCUT2D eigenvalue weighted by Gasteiger charge is -2.54. The number of ether oxygens (including phenoxy) is 1. The first-order valence-corrected chi connectivity index (χ1v) is 4.30. The quantitative estimate of drug-likeness (QED) is 0.567. The van der Waals surface area contributed by atoms with Crippen LogP contribution in [-0.2, 0) is 4.74 Å². The highest BCUT2D eigenvalue weighted by Crippen LogP contribution is 2.53. The van der Waals surface area contributed by atoms with Crippen LogP contribution in [0, 0.1) is 17.3 Å². The van der Waals surface area contributed by atoms with Crippen LogP contribution < -0.4 is 0 Å². The van der Waals surface area contributed by atoms with Crippen molar-refractivity contribution >= 4 is 0 Å². The Morgan fingerprint density at radius 2 is 1.82 bits per heavy atom. The van der Waals surface area contributed by atoms with E-state index in [1.165, 1.54) is 12.8 Å². The predicted octanol–water partition coefficient (Wildman–Crippen LogP) is 2.71. The van der Waals surface area contributed by atoms with Gasteiger partial charge in [-0.1, -0.05) is 21.3 Å². The van der Waals surface area contributed by atoms with Crippen LogP contribution in [0.3, 0.4) is 0 Å². The van der Waals surface area contributed by atoms with Gasteiger partial charge in [-0.2, -0.15) is 0 Å². The fourth-order valence-corrected chi connectivity index (χ4v) is 2.15. The van der Waals surface area contributed by atoms with E-state index in [0.29, 0.717) is 5.41 Å². The summed E-state index contributed by atoms with van der Waals surface area (Å²) in [4.78, 5) is 0. The summed E-state index contributed by atoms with van der Waals surface area (Å²) in [5, 5.41) is 0. The maximum Gasteiger partial charge on any atom is 0.0545 e. The van der Waals surface area contributed by atoms with E-state index in [9.17, 15) is 0 Å². The predicted molar refractivity (Wildman–Crippen MR) is 47.5 cm³/mol. The molecule has 1 aliphatic heterocycles. The van der Waals surface area contributed by atoms with E-state index >= 15 is 0 Å². The summed E-state index contributed by atoms with van der Waals surface area (Å²) < 4.78 is 5.21. The van der Waals surface area contributed by atoms with E-state index in [0.717, 1.165) is 25.0 Å². The highest BCUT2D eigenvalue weighted by Gasteiger charge is 2.50. The SMILES string of the molecule is C.CC(C)C1CC2(COC2)C1. The molecule has 1 saturated heterocycles. The second-order valence-corrected chi connectivity index (χ2v) is 4.41. The van der Waals surface area contributed by atoms with Crippen LogP contribution in [0.25, 0.3) is 0 Å². The van der Waals surface area contributed by atoms with Crippen LogP contribution in [-0.4, -0.2) is 13.2 Å². The zero-order chi connectivity index (χ0) is 7.19. The summed E-state index contributed by atoms with van der Waals surface area (Å²) in [6, 6.07) is 0. The van der Waals surface area contributed by atoms with Gasteiger partial charge in [-0.3, -0.25) is 0 Å². The molecule has 66 valence electrons. The van der Waals surface area contributed by atoms with E-state index in [1.807, 2.05) is 0 Å². The molecule has 0 aromatic rings. The average Bonchev–Trinajstić information content (AvgIpc) is 1.54. The summed E-state index contributed by atoms with van der Waals surface area (Å²) in [5.74, 6) is 1.90. The molecule has 0 radical (unpaired) electrons. The highest BCUT2D eigenvalue weighted by atomic mass is 16.5. The zero-order valence-electron chi connectivity index (χ0n) is 6.89. The summed E-state index contributed by atoms with van der Waals surface area (Å²) in [5.41, 5.74) is 0.676. The Hall–Kier alpha value is -0.0400. The van der Waals surface area contributed by atoms with Gasteiger partial charge in [-0.05, 0) is 24.7 Å². The van der Waals surface area contributed by atoms with E-state index in [2.05, 4.69) is 13.8 Å². The van der Waals surface area contributed by atoms with Crippen LogP contribution in [0.4, 0.5) is 0 Å². The first-order valence-electron chi connectivity index (χ1n) is 4.30. The number of hydrogen-bond acceptors (Lipinski definition) is 1. The minimum atomic E-state index is 0. The standard InChI is InChI=1S/C9H16O.CH4/c1-7(2)8-3-9(4-8)5-10-6-9;/h7-8H,3-6H2,1-2H3;1H4. The molecule has 1 nitrogen and oxygen atoms in total. The molecule has 2 fully saturated rings. The maximum atomic E-state index is 5.21. The molecule has 0 N–H and O–H groups in total. The Kier molecular flexibility index (Phi) is 2.29. The second-order valence-electron chi connectivity index (χ2n) is 4.41. The Bertz CT molecular complexity index is 128. The molecule has 1 spiro atoms. The van der Waals surface area contributed by atoms with Gasteiger partial charge in [0.1, 0.15) is 0 Å². The third kappa shape index (κ3) is 1.31. The second kappa shape index (κ2) is 2.78. The smallest absolute Gasteiger partial charge is 0.0545 e. The molecule has 11 heavy (non-hydrogen) atoms. The van der Waals surface area contributed by atoms with Crippen LogP contribution in [0.2, 0.25) is 0 Å². The molecule has 0 atom stereocenters. The van der Waals surface area contributed by atoms with Gasteiger partial charge in [-0.25, -0.2) is 0 Å². The topological polar surface area (TPSA) is 9.23 Å². The molecule has 1 heterocycles. The molecular weight excluding hydrogens is 136 g/mol. The van der Waals surface area contributed by atoms with Crippen molar-refractivity contribution in [3.8, 4) is 0 Å². The molecule has 0 aromatic heterocycles.